The SMILES string of the molecule is O=S(=O)(Nc1ccc(F)c(Cl)c1)c1cnc2n1CCC2. The van der Waals surface area contributed by atoms with Crippen LogP contribution in [0, 0.1) is 5.82 Å². The maximum absolute atomic E-state index is 13.1. The molecule has 0 amide bonds. The van der Waals surface area contributed by atoms with E-state index in [1.165, 1.54) is 18.3 Å². The molecule has 0 bridgehead atoms. The first-order chi connectivity index (χ1) is 9.47. The largest absolute Gasteiger partial charge is 0.318 e. The molecule has 0 spiro atoms. The van der Waals surface area contributed by atoms with Crippen LogP contribution in [0.5, 0.6) is 0 Å². The van der Waals surface area contributed by atoms with Crippen molar-refractivity contribution in [3.63, 3.8) is 0 Å². The summed E-state index contributed by atoms with van der Waals surface area (Å²) in [5, 5.41) is -0.0193. The topological polar surface area (TPSA) is 64.0 Å². The molecular formula is C12H11ClFN3O2S. The van der Waals surface area contributed by atoms with E-state index in [2.05, 4.69) is 9.71 Å². The van der Waals surface area contributed by atoms with Crippen molar-refractivity contribution in [1.29, 1.82) is 0 Å². The number of aryl methyl sites for hydroxylation is 1. The van der Waals surface area contributed by atoms with E-state index in [0.29, 0.717) is 6.54 Å². The lowest BCUT2D eigenvalue weighted by Crippen LogP contribution is -2.17. The standard InChI is InChI=1S/C12H11ClFN3O2S/c13-9-6-8(3-4-10(9)14)16-20(18,19)12-7-15-11-2-1-5-17(11)12/h3-4,6-7,16H,1-2,5H2. The van der Waals surface area contributed by atoms with E-state index < -0.39 is 15.8 Å². The van der Waals surface area contributed by atoms with E-state index >= 15 is 0 Å². The second-order valence-corrected chi connectivity index (χ2v) is 6.54. The molecule has 1 N–H and O–H groups in total. The van der Waals surface area contributed by atoms with Gasteiger partial charge in [0.2, 0.25) is 0 Å². The van der Waals surface area contributed by atoms with Gasteiger partial charge in [-0.2, -0.15) is 8.42 Å². The first-order valence-electron chi connectivity index (χ1n) is 6.00. The van der Waals surface area contributed by atoms with Gasteiger partial charge in [0.1, 0.15) is 11.6 Å². The highest BCUT2D eigenvalue weighted by Gasteiger charge is 2.25. The van der Waals surface area contributed by atoms with E-state index in [0.717, 1.165) is 24.7 Å². The second kappa shape index (κ2) is 4.75. The van der Waals surface area contributed by atoms with Gasteiger partial charge in [0.15, 0.2) is 5.03 Å². The number of hydrogen-bond acceptors (Lipinski definition) is 3. The number of imidazole rings is 1. The Bertz CT molecular complexity index is 773. The summed E-state index contributed by atoms with van der Waals surface area (Å²) in [4.78, 5) is 4.09. The third-order valence-corrected chi connectivity index (χ3v) is 4.80. The summed E-state index contributed by atoms with van der Waals surface area (Å²) < 4.78 is 41.7. The predicted octanol–water partition coefficient (Wildman–Crippen LogP) is 2.42. The summed E-state index contributed by atoms with van der Waals surface area (Å²) in [6.45, 7) is 0.635. The molecule has 0 fully saturated rings. The Labute approximate surface area is 120 Å². The number of nitrogens with one attached hydrogen (secondary N) is 1. The fourth-order valence-corrected chi connectivity index (χ4v) is 3.61. The van der Waals surface area contributed by atoms with Crippen LogP contribution in [0.25, 0.3) is 0 Å². The van der Waals surface area contributed by atoms with Crippen LogP contribution in [0.2, 0.25) is 5.02 Å². The average Bonchev–Trinajstić information content (AvgIpc) is 2.95. The van der Waals surface area contributed by atoms with Crippen LogP contribution in [-0.4, -0.2) is 18.0 Å². The maximum atomic E-state index is 13.1. The Kier molecular flexibility index (Phi) is 3.18. The minimum Gasteiger partial charge on any atom is -0.318 e. The van der Waals surface area contributed by atoms with Crippen LogP contribution in [0.3, 0.4) is 0 Å². The Hall–Kier alpha value is -1.60. The van der Waals surface area contributed by atoms with E-state index in [1.807, 2.05) is 0 Å². The van der Waals surface area contributed by atoms with Crippen molar-refractivity contribution >= 4 is 27.3 Å². The van der Waals surface area contributed by atoms with Crippen LogP contribution >= 0.6 is 11.6 Å². The highest BCUT2D eigenvalue weighted by Crippen LogP contribution is 2.24. The maximum Gasteiger partial charge on any atom is 0.279 e. The van der Waals surface area contributed by atoms with Gasteiger partial charge < -0.3 is 4.57 Å². The predicted molar refractivity (Wildman–Crippen MR) is 72.8 cm³/mol. The molecule has 1 aromatic heterocycles. The van der Waals surface area contributed by atoms with E-state index in [1.54, 1.807) is 4.57 Å². The quantitative estimate of drug-likeness (QED) is 0.946. The van der Waals surface area contributed by atoms with Crippen molar-refractivity contribution in [3.05, 3.63) is 41.1 Å². The van der Waals surface area contributed by atoms with Crippen molar-refractivity contribution in [2.24, 2.45) is 0 Å². The highest BCUT2D eigenvalue weighted by molar-refractivity contribution is 7.92. The number of aromatic nitrogens is 2. The molecule has 106 valence electrons. The second-order valence-electron chi connectivity index (χ2n) is 4.50. The van der Waals surface area contributed by atoms with Gasteiger partial charge in [0.05, 0.1) is 16.9 Å². The normalized spacial score (nSPS) is 14.3. The molecule has 3 rings (SSSR count). The molecule has 1 aromatic carbocycles. The molecule has 0 unspecified atom stereocenters. The van der Waals surface area contributed by atoms with Gasteiger partial charge in [-0.25, -0.2) is 9.37 Å². The van der Waals surface area contributed by atoms with Crippen LogP contribution in [-0.2, 0) is 23.0 Å². The first kappa shape index (κ1) is 13.4. The van der Waals surface area contributed by atoms with Crippen molar-refractivity contribution in [2.75, 3.05) is 4.72 Å². The van der Waals surface area contributed by atoms with Crippen molar-refractivity contribution in [1.82, 2.24) is 9.55 Å². The van der Waals surface area contributed by atoms with Gasteiger partial charge in [-0.05, 0) is 24.6 Å². The number of halogens is 2. The number of fused-ring (bicyclic) bond motifs is 1. The summed E-state index contributed by atoms with van der Waals surface area (Å²) in [6.07, 6.45) is 2.99. The summed E-state index contributed by atoms with van der Waals surface area (Å²) in [6, 6.07) is 3.66. The number of hydrogen-bond donors (Lipinski definition) is 1. The molecule has 20 heavy (non-hydrogen) atoms. The van der Waals surface area contributed by atoms with Crippen LogP contribution in [0.1, 0.15) is 12.2 Å². The number of anilines is 1. The van der Waals surface area contributed by atoms with Gasteiger partial charge in [-0.15, -0.1) is 0 Å². The summed E-state index contributed by atoms with van der Waals surface area (Å²) in [5.41, 5.74) is 0.213. The monoisotopic (exact) mass is 315 g/mol. The third kappa shape index (κ3) is 2.27. The van der Waals surface area contributed by atoms with E-state index in [9.17, 15) is 12.8 Å². The van der Waals surface area contributed by atoms with Crippen molar-refractivity contribution in [2.45, 2.75) is 24.4 Å². The molecule has 0 radical (unpaired) electrons. The molecule has 1 aliphatic heterocycles. The fraction of sp³-hybridized carbons (Fsp3) is 0.250. The zero-order valence-corrected chi connectivity index (χ0v) is 11.9. The molecule has 0 atom stereocenters. The third-order valence-electron chi connectivity index (χ3n) is 3.13. The van der Waals surface area contributed by atoms with Crippen molar-refractivity contribution in [3.8, 4) is 0 Å². The summed E-state index contributed by atoms with van der Waals surface area (Å²) in [7, 11) is -3.76. The molecule has 5 nitrogen and oxygen atoms in total. The lowest BCUT2D eigenvalue weighted by atomic mass is 10.3. The minimum absolute atomic E-state index is 0.116. The van der Waals surface area contributed by atoms with Crippen LogP contribution in [0.4, 0.5) is 10.1 Å². The van der Waals surface area contributed by atoms with Gasteiger partial charge in [0, 0.05) is 13.0 Å². The Morgan fingerprint density at radius 1 is 1.40 bits per heavy atom. The van der Waals surface area contributed by atoms with Crippen molar-refractivity contribution < 1.29 is 12.8 Å². The molecule has 2 aromatic rings. The highest BCUT2D eigenvalue weighted by atomic mass is 35.5. The lowest BCUT2D eigenvalue weighted by Gasteiger charge is -2.09. The van der Waals surface area contributed by atoms with Gasteiger partial charge in [0.25, 0.3) is 10.0 Å². The zero-order chi connectivity index (χ0) is 14.3. The lowest BCUT2D eigenvalue weighted by molar-refractivity contribution is 0.583. The average molecular weight is 316 g/mol. The molecule has 1 aliphatic rings. The molecule has 2 heterocycles. The van der Waals surface area contributed by atoms with Gasteiger partial charge in [-0.3, -0.25) is 4.72 Å². The molecule has 0 saturated heterocycles. The molecule has 8 heteroatoms. The summed E-state index contributed by atoms with van der Waals surface area (Å²) >= 11 is 5.63. The number of rotatable bonds is 3. The number of nitrogens with zero attached hydrogens (tertiary/aromatic N) is 2. The number of sulfonamides is 1. The van der Waals surface area contributed by atoms with Crippen LogP contribution in [0.15, 0.2) is 29.4 Å². The van der Waals surface area contributed by atoms with Gasteiger partial charge in [-0.1, -0.05) is 11.6 Å². The molecular weight excluding hydrogens is 305 g/mol. The smallest absolute Gasteiger partial charge is 0.279 e. The fourth-order valence-electron chi connectivity index (χ4n) is 2.21. The Morgan fingerprint density at radius 3 is 2.95 bits per heavy atom. The molecule has 0 saturated carbocycles. The van der Waals surface area contributed by atoms with E-state index in [-0.39, 0.29) is 15.7 Å². The Balaban J connectivity index is 1.94. The first-order valence-corrected chi connectivity index (χ1v) is 7.86. The summed E-state index contributed by atoms with van der Waals surface area (Å²) in [5.74, 6) is 0.169. The minimum atomic E-state index is -3.76. The zero-order valence-electron chi connectivity index (χ0n) is 10.3. The molecule has 0 aliphatic carbocycles. The Morgan fingerprint density at radius 2 is 2.20 bits per heavy atom. The van der Waals surface area contributed by atoms with Gasteiger partial charge >= 0.3 is 0 Å². The number of benzene rings is 1. The van der Waals surface area contributed by atoms with Crippen LogP contribution < -0.4 is 4.72 Å². The van der Waals surface area contributed by atoms with E-state index in [4.69, 9.17) is 11.6 Å².